The Morgan fingerprint density at radius 2 is 2.29 bits per heavy atom. The van der Waals surface area contributed by atoms with Gasteiger partial charge in [0, 0.05) is 23.3 Å². The Bertz CT molecular complexity index is 378. The Morgan fingerprint density at radius 3 is 3.00 bits per heavy atom. The lowest BCUT2D eigenvalue weighted by Gasteiger charge is -2.28. The van der Waals surface area contributed by atoms with Gasteiger partial charge in [-0.05, 0) is 49.9 Å². The second-order valence-corrected chi connectivity index (χ2v) is 5.15. The highest BCUT2D eigenvalue weighted by Gasteiger charge is 2.24. The lowest BCUT2D eigenvalue weighted by molar-refractivity contribution is 0.643. The van der Waals surface area contributed by atoms with Gasteiger partial charge in [0.1, 0.15) is 0 Å². The highest BCUT2D eigenvalue weighted by Crippen LogP contribution is 2.32. The molecule has 1 atom stereocenters. The molecule has 1 aliphatic heterocycles. The van der Waals surface area contributed by atoms with Gasteiger partial charge in [-0.25, -0.2) is 0 Å². The summed E-state index contributed by atoms with van der Waals surface area (Å²) in [5, 5.41) is 0.822. The van der Waals surface area contributed by atoms with Crippen LogP contribution in [0.25, 0.3) is 0 Å². The number of hydrogen-bond donors (Lipinski definition) is 1. The molecule has 0 aromatic heterocycles. The second-order valence-electron chi connectivity index (χ2n) is 4.71. The molecule has 0 aliphatic carbocycles. The molecule has 0 saturated carbocycles. The highest BCUT2D eigenvalue weighted by atomic mass is 35.5. The molecule has 2 nitrogen and oxygen atoms in total. The van der Waals surface area contributed by atoms with E-state index < -0.39 is 0 Å². The predicted molar refractivity (Wildman–Crippen MR) is 74.9 cm³/mol. The Hall–Kier alpha value is -0.730. The largest absolute Gasteiger partial charge is 0.368 e. The van der Waals surface area contributed by atoms with E-state index in [1.807, 2.05) is 6.07 Å². The summed E-state index contributed by atoms with van der Waals surface area (Å²) in [5.74, 6) is 0. The van der Waals surface area contributed by atoms with E-state index in [1.54, 1.807) is 0 Å². The van der Waals surface area contributed by atoms with Gasteiger partial charge >= 0.3 is 0 Å². The van der Waals surface area contributed by atoms with Crippen molar-refractivity contribution in [2.75, 3.05) is 18.0 Å². The number of nitrogens with zero attached hydrogens (tertiary/aromatic N) is 1. The van der Waals surface area contributed by atoms with Crippen molar-refractivity contribution in [2.45, 2.75) is 38.6 Å². The Balaban J connectivity index is 2.31. The third kappa shape index (κ3) is 2.75. The zero-order chi connectivity index (χ0) is 12.3. The van der Waals surface area contributed by atoms with E-state index in [9.17, 15) is 0 Å². The lowest BCUT2D eigenvalue weighted by atomic mass is 10.1. The summed E-state index contributed by atoms with van der Waals surface area (Å²) < 4.78 is 0. The van der Waals surface area contributed by atoms with Gasteiger partial charge in [0.15, 0.2) is 0 Å². The van der Waals surface area contributed by atoms with Crippen LogP contribution in [0.2, 0.25) is 5.02 Å². The fourth-order valence-corrected chi connectivity index (χ4v) is 2.91. The average molecular weight is 253 g/mol. The Kier molecular flexibility index (Phi) is 4.30. The number of nitrogens with two attached hydrogens (primary N) is 1. The lowest BCUT2D eigenvalue weighted by Crippen LogP contribution is -2.29. The fourth-order valence-electron chi connectivity index (χ4n) is 2.75. The molecule has 3 heteroatoms. The Labute approximate surface area is 109 Å². The van der Waals surface area contributed by atoms with Crippen molar-refractivity contribution in [3.63, 3.8) is 0 Å². The van der Waals surface area contributed by atoms with E-state index in [1.165, 1.54) is 30.5 Å². The quantitative estimate of drug-likeness (QED) is 0.892. The summed E-state index contributed by atoms with van der Waals surface area (Å²) in [6.45, 7) is 4.10. The summed E-state index contributed by atoms with van der Waals surface area (Å²) in [7, 11) is 0. The molecule has 2 N–H and O–H groups in total. The summed E-state index contributed by atoms with van der Waals surface area (Å²) >= 11 is 6.13. The Morgan fingerprint density at radius 1 is 1.47 bits per heavy atom. The van der Waals surface area contributed by atoms with Crippen LogP contribution in [0.5, 0.6) is 0 Å². The van der Waals surface area contributed by atoms with Crippen molar-refractivity contribution < 1.29 is 0 Å². The molecule has 94 valence electrons. The molecule has 1 unspecified atom stereocenters. The number of benzene rings is 1. The topological polar surface area (TPSA) is 29.3 Å². The van der Waals surface area contributed by atoms with Gasteiger partial charge in [0.25, 0.3) is 0 Å². The first-order valence-electron chi connectivity index (χ1n) is 6.51. The zero-order valence-corrected chi connectivity index (χ0v) is 11.2. The molecule has 1 aromatic rings. The van der Waals surface area contributed by atoms with E-state index in [0.717, 1.165) is 18.0 Å². The van der Waals surface area contributed by atoms with Crippen molar-refractivity contribution in [1.82, 2.24) is 0 Å². The van der Waals surface area contributed by atoms with Crippen LogP contribution in [0, 0.1) is 0 Å². The molecule has 17 heavy (non-hydrogen) atoms. The molecule has 0 spiro atoms. The van der Waals surface area contributed by atoms with Crippen LogP contribution < -0.4 is 10.6 Å². The van der Waals surface area contributed by atoms with Gasteiger partial charge in [-0.2, -0.15) is 0 Å². The van der Waals surface area contributed by atoms with Crippen LogP contribution in [0.4, 0.5) is 5.69 Å². The van der Waals surface area contributed by atoms with Gasteiger partial charge in [0.2, 0.25) is 0 Å². The van der Waals surface area contributed by atoms with Crippen molar-refractivity contribution in [1.29, 1.82) is 0 Å². The first-order chi connectivity index (χ1) is 8.26. The van der Waals surface area contributed by atoms with Crippen molar-refractivity contribution in [3.8, 4) is 0 Å². The minimum absolute atomic E-state index is 0.671. The van der Waals surface area contributed by atoms with Crippen molar-refractivity contribution in [2.24, 2.45) is 5.73 Å². The first-order valence-corrected chi connectivity index (χ1v) is 6.89. The molecule has 2 rings (SSSR count). The van der Waals surface area contributed by atoms with E-state index >= 15 is 0 Å². The summed E-state index contributed by atoms with van der Waals surface area (Å²) in [6, 6.07) is 6.85. The van der Waals surface area contributed by atoms with Crippen LogP contribution in [-0.2, 0) is 6.42 Å². The van der Waals surface area contributed by atoms with Crippen LogP contribution >= 0.6 is 11.6 Å². The molecular weight excluding hydrogens is 232 g/mol. The van der Waals surface area contributed by atoms with Gasteiger partial charge in [-0.3, -0.25) is 0 Å². The van der Waals surface area contributed by atoms with E-state index in [2.05, 4.69) is 24.0 Å². The predicted octanol–water partition coefficient (Wildman–Crippen LogP) is 3.22. The van der Waals surface area contributed by atoms with E-state index in [4.69, 9.17) is 17.3 Å². The van der Waals surface area contributed by atoms with E-state index in [-0.39, 0.29) is 0 Å². The standard InChI is InChI=1S/C14H21ClN2/c1-2-13-4-3-9-17(13)14-10-12(15)6-5-11(14)7-8-16/h5-6,10,13H,2-4,7-9,16H2,1H3. The van der Waals surface area contributed by atoms with Crippen LogP contribution in [-0.4, -0.2) is 19.1 Å². The van der Waals surface area contributed by atoms with Gasteiger partial charge in [-0.1, -0.05) is 24.6 Å². The number of hydrogen-bond acceptors (Lipinski definition) is 2. The van der Waals surface area contributed by atoms with E-state index in [0.29, 0.717) is 12.6 Å². The molecule has 0 radical (unpaired) electrons. The zero-order valence-electron chi connectivity index (χ0n) is 10.5. The maximum Gasteiger partial charge on any atom is 0.0426 e. The van der Waals surface area contributed by atoms with Gasteiger partial charge in [-0.15, -0.1) is 0 Å². The minimum Gasteiger partial charge on any atom is -0.368 e. The van der Waals surface area contributed by atoms with Gasteiger partial charge < -0.3 is 10.6 Å². The van der Waals surface area contributed by atoms with Crippen LogP contribution in [0.3, 0.4) is 0 Å². The monoisotopic (exact) mass is 252 g/mol. The number of anilines is 1. The normalized spacial score (nSPS) is 19.9. The average Bonchev–Trinajstić information content (AvgIpc) is 2.79. The number of halogens is 1. The molecule has 0 amide bonds. The molecule has 1 fully saturated rings. The molecule has 1 saturated heterocycles. The summed E-state index contributed by atoms with van der Waals surface area (Å²) in [4.78, 5) is 2.51. The number of rotatable bonds is 4. The van der Waals surface area contributed by atoms with Crippen LogP contribution in [0.15, 0.2) is 18.2 Å². The fraction of sp³-hybridized carbons (Fsp3) is 0.571. The third-order valence-electron chi connectivity index (χ3n) is 3.62. The SMILES string of the molecule is CCC1CCCN1c1cc(Cl)ccc1CCN. The summed E-state index contributed by atoms with van der Waals surface area (Å²) in [5.41, 5.74) is 8.31. The van der Waals surface area contributed by atoms with Crippen molar-refractivity contribution in [3.05, 3.63) is 28.8 Å². The maximum atomic E-state index is 6.13. The third-order valence-corrected chi connectivity index (χ3v) is 3.85. The molecular formula is C14H21ClN2. The molecule has 1 aromatic carbocycles. The smallest absolute Gasteiger partial charge is 0.0426 e. The summed E-state index contributed by atoms with van der Waals surface area (Å²) in [6.07, 6.45) is 4.71. The first kappa shape index (κ1) is 12.7. The molecule has 0 bridgehead atoms. The minimum atomic E-state index is 0.671. The van der Waals surface area contributed by atoms with Crippen molar-refractivity contribution >= 4 is 17.3 Å². The molecule has 1 heterocycles. The highest BCUT2D eigenvalue weighted by molar-refractivity contribution is 6.30. The van der Waals surface area contributed by atoms with Crippen LogP contribution in [0.1, 0.15) is 31.7 Å². The second kappa shape index (κ2) is 5.74. The molecule has 1 aliphatic rings. The van der Waals surface area contributed by atoms with Gasteiger partial charge in [0.05, 0.1) is 0 Å². The maximum absolute atomic E-state index is 6.13.